The first-order valence-electron chi connectivity index (χ1n) is 6.24. The van der Waals surface area contributed by atoms with Gasteiger partial charge in [0.25, 0.3) is 0 Å². The maximum Gasteiger partial charge on any atom is 0.188 e. The Bertz CT molecular complexity index is 260. The molecular formula is C12H26O3Si3. The molecule has 0 aromatic rings. The molecular weight excluding hydrogens is 276 g/mol. The van der Waals surface area contributed by atoms with Crippen molar-refractivity contribution in [2.75, 3.05) is 6.61 Å². The van der Waals surface area contributed by atoms with E-state index in [1.54, 1.807) is 0 Å². The van der Waals surface area contributed by atoms with Crippen LogP contribution in [-0.4, -0.2) is 42.2 Å². The van der Waals surface area contributed by atoms with Crippen LogP contribution in [0.5, 0.6) is 0 Å². The van der Waals surface area contributed by atoms with E-state index < -0.39 is 29.3 Å². The molecule has 0 amide bonds. The number of rotatable bonds is 10. The molecule has 104 valence electrons. The summed E-state index contributed by atoms with van der Waals surface area (Å²) in [5, 5.41) is 0. The fourth-order valence-electron chi connectivity index (χ4n) is 1.04. The highest BCUT2D eigenvalue weighted by molar-refractivity contribution is 6.36. The molecule has 0 heterocycles. The highest BCUT2D eigenvalue weighted by Crippen LogP contribution is 1.98. The van der Waals surface area contributed by atoms with Gasteiger partial charge in [-0.05, 0) is 27.7 Å². The molecule has 6 heteroatoms. The van der Waals surface area contributed by atoms with Crippen molar-refractivity contribution in [2.24, 2.45) is 0 Å². The van der Waals surface area contributed by atoms with E-state index in [1.165, 1.54) is 11.1 Å². The zero-order valence-electron chi connectivity index (χ0n) is 12.1. The van der Waals surface area contributed by atoms with Crippen molar-refractivity contribution < 1.29 is 13.3 Å². The first-order valence-corrected chi connectivity index (χ1v) is 10.4. The minimum absolute atomic E-state index is 0.179. The smallest absolute Gasteiger partial charge is 0.188 e. The Morgan fingerprint density at radius 1 is 1.00 bits per heavy atom. The van der Waals surface area contributed by atoms with E-state index >= 15 is 0 Å². The lowest BCUT2D eigenvalue weighted by Gasteiger charge is -2.18. The maximum absolute atomic E-state index is 5.79. The summed E-state index contributed by atoms with van der Waals surface area (Å²) in [6.45, 7) is 12.6. The average molecular weight is 303 g/mol. The molecule has 0 aliphatic carbocycles. The lowest BCUT2D eigenvalue weighted by molar-refractivity contribution is -0.0213. The second-order valence-electron chi connectivity index (χ2n) is 4.49. The van der Waals surface area contributed by atoms with Gasteiger partial charge in [-0.25, -0.2) is 0 Å². The first kappa shape index (κ1) is 17.8. The first-order chi connectivity index (χ1) is 8.56. The molecule has 3 nitrogen and oxygen atoms in total. The van der Waals surface area contributed by atoms with Crippen molar-refractivity contribution >= 4 is 29.3 Å². The Morgan fingerprint density at radius 2 is 1.50 bits per heavy atom. The van der Waals surface area contributed by atoms with Crippen molar-refractivity contribution in [2.45, 2.75) is 34.0 Å². The van der Waals surface area contributed by atoms with Crippen LogP contribution >= 0.6 is 0 Å². The van der Waals surface area contributed by atoms with Gasteiger partial charge >= 0.3 is 0 Å². The Kier molecular flexibility index (Phi) is 11.7. The molecule has 18 heavy (non-hydrogen) atoms. The maximum atomic E-state index is 5.79. The number of hydrogen-bond donors (Lipinski definition) is 0. The molecule has 0 unspecified atom stereocenters. The third-order valence-electron chi connectivity index (χ3n) is 2.04. The van der Waals surface area contributed by atoms with Gasteiger partial charge in [0, 0.05) is 0 Å². The predicted molar refractivity (Wildman–Crippen MR) is 86.6 cm³/mol. The third kappa shape index (κ3) is 12.2. The van der Waals surface area contributed by atoms with Crippen molar-refractivity contribution in [3.05, 3.63) is 34.8 Å². The van der Waals surface area contributed by atoms with E-state index in [4.69, 9.17) is 13.3 Å². The number of hydrogen-bond acceptors (Lipinski definition) is 3. The topological polar surface area (TPSA) is 27.7 Å². The van der Waals surface area contributed by atoms with E-state index in [2.05, 4.69) is 45.7 Å². The molecule has 0 bridgehead atoms. The van der Waals surface area contributed by atoms with Crippen LogP contribution in [-0.2, 0) is 13.3 Å². The van der Waals surface area contributed by atoms with Gasteiger partial charge in [0.1, 0.15) is 0 Å². The number of allylic oxidation sites excluding steroid dienone is 2. The zero-order chi connectivity index (χ0) is 13.8. The molecule has 0 saturated heterocycles. The van der Waals surface area contributed by atoms with E-state index in [0.717, 1.165) is 0 Å². The minimum Gasteiger partial charge on any atom is -0.414 e. The van der Waals surface area contributed by atoms with E-state index in [0.29, 0.717) is 6.61 Å². The van der Waals surface area contributed by atoms with Gasteiger partial charge in [-0.2, -0.15) is 0 Å². The SMILES string of the molecule is C=C[SiH2]OCC(O[SiH2]C=C(C)C)O[SiH2]C=C(C)C. The lowest BCUT2D eigenvalue weighted by Crippen LogP contribution is -2.26. The highest BCUT2D eigenvalue weighted by Gasteiger charge is 2.07. The van der Waals surface area contributed by atoms with Crippen LogP contribution in [0.4, 0.5) is 0 Å². The highest BCUT2D eigenvalue weighted by atomic mass is 28.2. The molecule has 0 radical (unpaired) electrons. The van der Waals surface area contributed by atoms with Gasteiger partial charge in [0.15, 0.2) is 35.6 Å². The molecule has 0 aliphatic heterocycles. The fraction of sp³-hybridized carbons (Fsp3) is 0.500. The van der Waals surface area contributed by atoms with Gasteiger partial charge in [-0.15, -0.1) is 6.58 Å². The summed E-state index contributed by atoms with van der Waals surface area (Å²) in [6.07, 6.45) is -0.179. The van der Waals surface area contributed by atoms with Gasteiger partial charge in [-0.3, -0.25) is 0 Å². The van der Waals surface area contributed by atoms with Gasteiger partial charge < -0.3 is 13.3 Å². The summed E-state index contributed by atoms with van der Waals surface area (Å²) in [6, 6.07) is 0. The molecule has 0 aromatic heterocycles. The fourth-order valence-corrected chi connectivity index (χ4v) is 3.40. The molecule has 0 fully saturated rings. The third-order valence-corrected chi connectivity index (χ3v) is 5.84. The largest absolute Gasteiger partial charge is 0.414 e. The second-order valence-corrected chi connectivity index (χ2v) is 7.95. The molecule has 0 spiro atoms. The van der Waals surface area contributed by atoms with Gasteiger partial charge in [0.2, 0.25) is 0 Å². The zero-order valence-corrected chi connectivity index (χ0v) is 16.3. The Hall–Kier alpha value is -0.249. The summed E-state index contributed by atoms with van der Waals surface area (Å²) < 4.78 is 17.1. The van der Waals surface area contributed by atoms with Crippen molar-refractivity contribution in [1.82, 2.24) is 0 Å². The molecule has 0 saturated carbocycles. The lowest BCUT2D eigenvalue weighted by atomic mass is 10.4. The Morgan fingerprint density at radius 3 is 1.89 bits per heavy atom. The summed E-state index contributed by atoms with van der Waals surface area (Å²) in [4.78, 5) is 0. The molecule has 0 N–H and O–H groups in total. The van der Waals surface area contributed by atoms with Crippen LogP contribution in [0.3, 0.4) is 0 Å². The van der Waals surface area contributed by atoms with Crippen molar-refractivity contribution in [3.8, 4) is 0 Å². The molecule has 0 rings (SSSR count). The van der Waals surface area contributed by atoms with Gasteiger partial charge in [-0.1, -0.05) is 28.2 Å². The van der Waals surface area contributed by atoms with Crippen LogP contribution in [0.1, 0.15) is 27.7 Å². The summed E-state index contributed by atoms with van der Waals surface area (Å²) >= 11 is 0. The van der Waals surface area contributed by atoms with E-state index in [9.17, 15) is 0 Å². The predicted octanol–water partition coefficient (Wildman–Crippen LogP) is 0.605. The monoisotopic (exact) mass is 302 g/mol. The Balaban J connectivity index is 4.02. The van der Waals surface area contributed by atoms with E-state index in [-0.39, 0.29) is 6.29 Å². The molecule has 0 atom stereocenters. The van der Waals surface area contributed by atoms with Crippen LogP contribution in [0.15, 0.2) is 34.8 Å². The van der Waals surface area contributed by atoms with E-state index in [1.807, 2.05) is 5.70 Å². The summed E-state index contributed by atoms with van der Waals surface area (Å²) in [5.41, 5.74) is 8.86. The molecule has 0 aromatic carbocycles. The van der Waals surface area contributed by atoms with Crippen LogP contribution in [0.25, 0.3) is 0 Å². The van der Waals surface area contributed by atoms with Crippen LogP contribution < -0.4 is 0 Å². The average Bonchev–Trinajstić information content (AvgIpc) is 2.27. The summed E-state index contributed by atoms with van der Waals surface area (Å²) in [7, 11) is -1.88. The standard InChI is InChI=1S/C12H26O3Si3/c1-6-16-13-7-12(14-17-8-10(2)3)15-18-9-11(4)5/h6,8-9,12H,1,7,16-18H2,2-5H3. The Labute approximate surface area is 118 Å². The second kappa shape index (κ2) is 11.8. The normalized spacial score (nSPS) is 13.8. The van der Waals surface area contributed by atoms with Crippen LogP contribution in [0, 0.1) is 0 Å². The minimum atomic E-state index is -0.641. The van der Waals surface area contributed by atoms with Crippen LogP contribution in [0.2, 0.25) is 0 Å². The molecule has 0 aliphatic rings. The van der Waals surface area contributed by atoms with Crippen molar-refractivity contribution in [3.63, 3.8) is 0 Å². The summed E-state index contributed by atoms with van der Waals surface area (Å²) in [5.74, 6) is 0. The quantitative estimate of drug-likeness (QED) is 0.336. The van der Waals surface area contributed by atoms with Crippen molar-refractivity contribution in [1.29, 1.82) is 0 Å². The van der Waals surface area contributed by atoms with Gasteiger partial charge in [0.05, 0.1) is 6.61 Å².